The highest BCUT2D eigenvalue weighted by Gasteiger charge is 2.48. The summed E-state index contributed by atoms with van der Waals surface area (Å²) < 4.78 is 26.8. The number of hydrogen-bond donors (Lipinski definition) is 3. The molecule has 1 aliphatic carbocycles. The monoisotopic (exact) mass is 591 g/mol. The second kappa shape index (κ2) is 11.0. The molecule has 3 heterocycles. The lowest BCUT2D eigenvalue weighted by atomic mass is 9.74. The standard InChI is InChI=1S/C32H41N5O4S/c1-21(25-19-34-27-9-5-3-7-24(25)27)29(35-30(38)22-11-13-23(33)14-12-22)31(39)36-17-15-32(16-18-36)20-37(42(2,40)41)28-10-6-4-8-26(28)32/h3-10,19,21-23,29,34H,11-18,20,33H2,1-2H3,(H,35,38)/t21-,22?,23?,29-/m1/s1. The quantitative estimate of drug-likeness (QED) is 0.404. The third kappa shape index (κ3) is 5.19. The van der Waals surface area contributed by atoms with Gasteiger partial charge in [-0.2, -0.15) is 0 Å². The van der Waals surface area contributed by atoms with Crippen LogP contribution in [0.25, 0.3) is 10.9 Å². The lowest BCUT2D eigenvalue weighted by Crippen LogP contribution is -2.56. The Bertz CT molecular complexity index is 1580. The Balaban J connectivity index is 1.24. The summed E-state index contributed by atoms with van der Waals surface area (Å²) in [6.45, 7) is 3.40. The van der Waals surface area contributed by atoms with Crippen molar-refractivity contribution in [3.63, 3.8) is 0 Å². The fourth-order valence-corrected chi connectivity index (χ4v) is 8.36. The number of anilines is 1. The predicted octanol–water partition coefficient (Wildman–Crippen LogP) is 3.61. The van der Waals surface area contributed by atoms with Crippen molar-refractivity contribution in [2.75, 3.05) is 30.2 Å². The fraction of sp³-hybridized carbons (Fsp3) is 0.500. The van der Waals surface area contributed by atoms with Gasteiger partial charge in [-0.3, -0.25) is 13.9 Å². The van der Waals surface area contributed by atoms with Gasteiger partial charge in [0.25, 0.3) is 0 Å². The number of carbonyl (C=O) groups excluding carboxylic acids is 2. The number of aromatic nitrogens is 1. The zero-order valence-corrected chi connectivity index (χ0v) is 25.2. The molecule has 10 heteroatoms. The maximum atomic E-state index is 14.3. The van der Waals surface area contributed by atoms with Gasteiger partial charge < -0.3 is 20.9 Å². The lowest BCUT2D eigenvalue weighted by molar-refractivity contribution is -0.139. The van der Waals surface area contributed by atoms with E-state index in [4.69, 9.17) is 5.73 Å². The molecular formula is C32H41N5O4S. The first kappa shape index (κ1) is 28.7. The molecule has 1 spiro atoms. The Hall–Kier alpha value is -3.37. The van der Waals surface area contributed by atoms with Gasteiger partial charge in [0.2, 0.25) is 21.8 Å². The van der Waals surface area contributed by atoms with Gasteiger partial charge in [-0.05, 0) is 61.8 Å². The van der Waals surface area contributed by atoms with Crippen molar-refractivity contribution in [3.05, 3.63) is 65.9 Å². The highest BCUT2D eigenvalue weighted by Crippen LogP contribution is 2.48. The number of hydrogen-bond acceptors (Lipinski definition) is 5. The summed E-state index contributed by atoms with van der Waals surface area (Å²) in [5.74, 6) is -0.562. The van der Waals surface area contributed by atoms with Gasteiger partial charge in [-0.1, -0.05) is 43.3 Å². The van der Waals surface area contributed by atoms with E-state index >= 15 is 0 Å². The molecule has 42 heavy (non-hydrogen) atoms. The third-order valence-electron chi connectivity index (χ3n) is 9.94. The number of nitrogens with two attached hydrogens (primary N) is 1. The van der Waals surface area contributed by atoms with Crippen LogP contribution in [0.5, 0.6) is 0 Å². The molecule has 2 amide bonds. The van der Waals surface area contributed by atoms with Gasteiger partial charge in [0, 0.05) is 60.0 Å². The van der Waals surface area contributed by atoms with Crippen LogP contribution in [0.15, 0.2) is 54.7 Å². The first-order valence-electron chi connectivity index (χ1n) is 15.1. The van der Waals surface area contributed by atoms with Crippen LogP contribution >= 0.6 is 0 Å². The lowest BCUT2D eigenvalue weighted by Gasteiger charge is -2.41. The van der Waals surface area contributed by atoms with E-state index in [1.54, 1.807) is 0 Å². The third-order valence-corrected chi connectivity index (χ3v) is 11.1. The number of para-hydroxylation sites is 2. The molecule has 0 unspecified atom stereocenters. The van der Waals surface area contributed by atoms with Crippen molar-refractivity contribution in [3.8, 4) is 0 Å². The van der Waals surface area contributed by atoms with Crippen LogP contribution in [0.3, 0.4) is 0 Å². The first-order chi connectivity index (χ1) is 20.1. The fourth-order valence-electron chi connectivity index (χ4n) is 7.36. The number of benzene rings is 2. The van der Waals surface area contributed by atoms with Crippen LogP contribution in [0.4, 0.5) is 5.69 Å². The number of H-pyrrole nitrogens is 1. The average Bonchev–Trinajstić information content (AvgIpc) is 3.56. The summed E-state index contributed by atoms with van der Waals surface area (Å²) in [4.78, 5) is 33.0. The minimum Gasteiger partial charge on any atom is -0.361 e. The highest BCUT2D eigenvalue weighted by atomic mass is 32.2. The van der Waals surface area contributed by atoms with Gasteiger partial charge >= 0.3 is 0 Å². The predicted molar refractivity (Wildman–Crippen MR) is 165 cm³/mol. The first-order valence-corrected chi connectivity index (χ1v) is 16.9. The maximum Gasteiger partial charge on any atom is 0.245 e. The Kier molecular flexibility index (Phi) is 7.55. The van der Waals surface area contributed by atoms with Crippen LogP contribution in [0.1, 0.15) is 62.5 Å². The summed E-state index contributed by atoms with van der Waals surface area (Å²) in [7, 11) is -3.42. The minimum absolute atomic E-state index is 0.0751. The van der Waals surface area contributed by atoms with Gasteiger partial charge in [0.05, 0.1) is 11.9 Å². The Morgan fingerprint density at radius 1 is 1.02 bits per heavy atom. The number of sulfonamides is 1. The van der Waals surface area contributed by atoms with E-state index < -0.39 is 16.1 Å². The van der Waals surface area contributed by atoms with Crippen LogP contribution in [-0.4, -0.2) is 68.1 Å². The Morgan fingerprint density at radius 3 is 2.40 bits per heavy atom. The van der Waals surface area contributed by atoms with Gasteiger partial charge in [0.1, 0.15) is 6.04 Å². The van der Waals surface area contributed by atoms with Crippen molar-refractivity contribution in [1.82, 2.24) is 15.2 Å². The molecule has 2 fully saturated rings. The van der Waals surface area contributed by atoms with E-state index in [2.05, 4.69) is 10.3 Å². The summed E-state index contributed by atoms with van der Waals surface area (Å²) in [5.41, 5.74) is 9.52. The van der Waals surface area contributed by atoms with E-state index in [0.717, 1.165) is 53.4 Å². The highest BCUT2D eigenvalue weighted by molar-refractivity contribution is 7.92. The molecule has 3 aromatic rings. The second-order valence-electron chi connectivity index (χ2n) is 12.6. The summed E-state index contributed by atoms with van der Waals surface area (Å²) in [6.07, 6.45) is 7.61. The van der Waals surface area contributed by atoms with Crippen LogP contribution in [-0.2, 0) is 25.0 Å². The molecule has 224 valence electrons. The van der Waals surface area contributed by atoms with Crippen molar-refractivity contribution in [2.24, 2.45) is 11.7 Å². The van der Waals surface area contributed by atoms with Crippen molar-refractivity contribution < 1.29 is 18.0 Å². The summed E-state index contributed by atoms with van der Waals surface area (Å²) in [6, 6.07) is 15.1. The number of likely N-dealkylation sites (tertiary alicyclic amines) is 1. The number of carbonyl (C=O) groups is 2. The van der Waals surface area contributed by atoms with Crippen molar-refractivity contribution in [1.29, 1.82) is 0 Å². The normalized spacial score (nSPS) is 23.5. The largest absolute Gasteiger partial charge is 0.361 e. The van der Waals surface area contributed by atoms with Crippen LogP contribution < -0.4 is 15.4 Å². The maximum absolute atomic E-state index is 14.3. The number of piperidine rings is 1. The Morgan fingerprint density at radius 2 is 1.69 bits per heavy atom. The van der Waals surface area contributed by atoms with Gasteiger partial charge in [0.15, 0.2) is 0 Å². The number of nitrogens with one attached hydrogen (secondary N) is 2. The van der Waals surface area contributed by atoms with Gasteiger partial charge in [-0.25, -0.2) is 8.42 Å². The van der Waals surface area contributed by atoms with Gasteiger partial charge in [-0.15, -0.1) is 0 Å². The van der Waals surface area contributed by atoms with Crippen LogP contribution in [0, 0.1) is 5.92 Å². The number of fused-ring (bicyclic) bond motifs is 3. The number of nitrogens with zero attached hydrogens (tertiary/aromatic N) is 2. The number of rotatable bonds is 6. The van der Waals surface area contributed by atoms with Crippen LogP contribution in [0.2, 0.25) is 0 Å². The number of aromatic amines is 1. The second-order valence-corrected chi connectivity index (χ2v) is 14.5. The molecule has 6 rings (SSSR count). The summed E-state index contributed by atoms with van der Waals surface area (Å²) >= 11 is 0. The molecule has 2 atom stereocenters. The van der Waals surface area contributed by atoms with E-state index in [-0.39, 0.29) is 35.1 Å². The zero-order valence-electron chi connectivity index (χ0n) is 24.4. The molecule has 2 aromatic carbocycles. The topological polar surface area (TPSA) is 129 Å². The zero-order chi connectivity index (χ0) is 29.6. The number of amides is 2. The molecule has 1 saturated carbocycles. The molecule has 1 saturated heterocycles. The smallest absolute Gasteiger partial charge is 0.245 e. The van der Waals surface area contributed by atoms with E-state index in [0.29, 0.717) is 32.5 Å². The van der Waals surface area contributed by atoms with E-state index in [1.807, 2.05) is 66.6 Å². The molecule has 1 aromatic heterocycles. The van der Waals surface area contributed by atoms with Crippen molar-refractivity contribution in [2.45, 2.75) is 68.9 Å². The molecule has 4 N–H and O–H groups in total. The minimum atomic E-state index is -3.42. The SMILES string of the molecule is C[C@H](c1c[nH]c2ccccc12)[C@@H](NC(=O)C1CCC(N)CC1)C(=O)N1CCC2(CC1)CN(S(C)(=O)=O)c1ccccc12. The van der Waals surface area contributed by atoms with E-state index in [9.17, 15) is 18.0 Å². The van der Waals surface area contributed by atoms with E-state index in [1.165, 1.54) is 10.6 Å². The molecule has 0 bridgehead atoms. The molecule has 0 radical (unpaired) electrons. The molecule has 9 nitrogen and oxygen atoms in total. The average molecular weight is 592 g/mol. The van der Waals surface area contributed by atoms with Crippen molar-refractivity contribution >= 4 is 38.4 Å². The molecule has 3 aliphatic rings. The summed E-state index contributed by atoms with van der Waals surface area (Å²) in [5, 5.41) is 4.23. The molecule has 2 aliphatic heterocycles. The molecular weight excluding hydrogens is 550 g/mol. The Labute approximate surface area is 247 Å².